The molecule has 1 saturated heterocycles. The lowest BCUT2D eigenvalue weighted by atomic mass is 10.0. The SMILES string of the molecule is O=C(O)N1CCOC[C@@H]1c1ccc(-n2c(Cl)cc3c(=O)[nH]cnc32)cc1. The van der Waals surface area contributed by atoms with Crippen LogP contribution < -0.4 is 5.56 Å². The second-order valence-electron chi connectivity index (χ2n) is 5.93. The van der Waals surface area contributed by atoms with Crippen LogP contribution in [0.3, 0.4) is 0 Å². The van der Waals surface area contributed by atoms with Crippen LogP contribution in [0, 0.1) is 0 Å². The van der Waals surface area contributed by atoms with Crippen molar-refractivity contribution in [2.45, 2.75) is 6.04 Å². The molecule has 0 unspecified atom stereocenters. The Hall–Kier alpha value is -2.84. The quantitative estimate of drug-likeness (QED) is 0.717. The molecule has 0 aliphatic carbocycles. The van der Waals surface area contributed by atoms with E-state index in [1.807, 2.05) is 24.3 Å². The second kappa shape index (κ2) is 6.47. The highest BCUT2D eigenvalue weighted by molar-refractivity contribution is 6.31. The van der Waals surface area contributed by atoms with Gasteiger partial charge < -0.3 is 14.8 Å². The number of carbonyl (C=O) groups is 1. The highest BCUT2D eigenvalue weighted by Gasteiger charge is 2.28. The number of benzene rings is 1. The number of rotatable bonds is 2. The number of halogens is 1. The topological polar surface area (TPSA) is 100 Å². The number of morpholine rings is 1. The molecule has 8 nitrogen and oxygen atoms in total. The summed E-state index contributed by atoms with van der Waals surface area (Å²) in [6, 6.07) is 8.52. The van der Waals surface area contributed by atoms with Crippen molar-refractivity contribution in [3.8, 4) is 5.69 Å². The first-order valence-corrected chi connectivity index (χ1v) is 8.36. The number of nitrogens with one attached hydrogen (secondary N) is 1. The molecule has 1 atom stereocenters. The zero-order valence-corrected chi connectivity index (χ0v) is 14.3. The first kappa shape index (κ1) is 16.6. The molecule has 1 fully saturated rings. The van der Waals surface area contributed by atoms with Crippen LogP contribution in [0.5, 0.6) is 0 Å². The molecule has 0 bridgehead atoms. The molecule has 1 aliphatic heterocycles. The minimum absolute atomic E-state index is 0.260. The third-order valence-electron chi connectivity index (χ3n) is 4.47. The maximum absolute atomic E-state index is 11.9. The molecule has 0 radical (unpaired) electrons. The second-order valence-corrected chi connectivity index (χ2v) is 6.32. The number of aromatic nitrogens is 3. The lowest BCUT2D eigenvalue weighted by molar-refractivity contribution is -0.000893. The Morgan fingerprint density at radius 1 is 1.35 bits per heavy atom. The van der Waals surface area contributed by atoms with Crippen LogP contribution in [0.15, 0.2) is 41.5 Å². The van der Waals surface area contributed by atoms with Crippen molar-refractivity contribution in [1.29, 1.82) is 0 Å². The van der Waals surface area contributed by atoms with Crippen molar-refractivity contribution in [2.75, 3.05) is 19.8 Å². The molecule has 0 spiro atoms. The van der Waals surface area contributed by atoms with E-state index in [-0.39, 0.29) is 11.6 Å². The van der Waals surface area contributed by atoms with Crippen LogP contribution in [0.4, 0.5) is 4.79 Å². The molecular weight excluding hydrogens is 360 g/mol. The molecule has 1 amide bonds. The van der Waals surface area contributed by atoms with E-state index in [0.29, 0.717) is 35.9 Å². The van der Waals surface area contributed by atoms with E-state index < -0.39 is 6.09 Å². The van der Waals surface area contributed by atoms with Gasteiger partial charge in [-0.05, 0) is 23.8 Å². The molecule has 26 heavy (non-hydrogen) atoms. The number of hydrogen-bond donors (Lipinski definition) is 2. The molecule has 1 aromatic carbocycles. The summed E-state index contributed by atoms with van der Waals surface area (Å²) in [6.07, 6.45) is 0.362. The van der Waals surface area contributed by atoms with Gasteiger partial charge in [0.15, 0.2) is 5.65 Å². The third-order valence-corrected chi connectivity index (χ3v) is 4.75. The maximum atomic E-state index is 11.9. The van der Waals surface area contributed by atoms with Crippen molar-refractivity contribution < 1.29 is 14.6 Å². The van der Waals surface area contributed by atoms with Crippen molar-refractivity contribution in [2.24, 2.45) is 0 Å². The Labute approximate surface area is 152 Å². The zero-order valence-electron chi connectivity index (χ0n) is 13.6. The van der Waals surface area contributed by atoms with Gasteiger partial charge in [-0.1, -0.05) is 23.7 Å². The average molecular weight is 375 g/mol. The fourth-order valence-corrected chi connectivity index (χ4v) is 3.48. The minimum Gasteiger partial charge on any atom is -0.465 e. The summed E-state index contributed by atoms with van der Waals surface area (Å²) >= 11 is 6.29. The van der Waals surface area contributed by atoms with Gasteiger partial charge >= 0.3 is 6.09 Å². The number of fused-ring (bicyclic) bond motifs is 1. The number of nitrogens with zero attached hydrogens (tertiary/aromatic N) is 3. The molecule has 3 heterocycles. The summed E-state index contributed by atoms with van der Waals surface area (Å²) in [5, 5.41) is 10.1. The average Bonchev–Trinajstić information content (AvgIpc) is 2.99. The molecule has 2 N–H and O–H groups in total. The molecule has 1 aliphatic rings. The van der Waals surface area contributed by atoms with Crippen LogP contribution in [-0.4, -0.2) is 50.4 Å². The van der Waals surface area contributed by atoms with Crippen molar-refractivity contribution in [3.05, 3.63) is 57.7 Å². The molecular formula is C17H15ClN4O4. The molecule has 3 aromatic rings. The number of carboxylic acid groups (broad SMARTS) is 1. The summed E-state index contributed by atoms with van der Waals surface area (Å²) in [5.41, 5.74) is 1.75. The van der Waals surface area contributed by atoms with E-state index in [1.165, 1.54) is 11.2 Å². The van der Waals surface area contributed by atoms with Crippen molar-refractivity contribution >= 4 is 28.7 Å². The lowest BCUT2D eigenvalue weighted by Gasteiger charge is -2.33. The number of H-pyrrole nitrogens is 1. The van der Waals surface area contributed by atoms with E-state index >= 15 is 0 Å². The minimum atomic E-state index is -0.967. The van der Waals surface area contributed by atoms with Gasteiger partial charge in [-0.3, -0.25) is 14.3 Å². The van der Waals surface area contributed by atoms with Gasteiger partial charge in [0.2, 0.25) is 0 Å². The zero-order chi connectivity index (χ0) is 18.3. The number of ether oxygens (including phenoxy) is 1. The van der Waals surface area contributed by atoms with Crippen molar-refractivity contribution in [3.63, 3.8) is 0 Å². The Bertz CT molecular complexity index is 1030. The van der Waals surface area contributed by atoms with E-state index in [4.69, 9.17) is 16.3 Å². The molecule has 9 heteroatoms. The van der Waals surface area contributed by atoms with Gasteiger partial charge in [0, 0.05) is 12.2 Å². The standard InChI is InChI=1S/C17H15ClN4O4/c18-14-7-12-15(19-9-20-16(12)23)22(14)11-3-1-10(2-4-11)13-8-26-6-5-21(13)17(24)25/h1-4,7,9,13H,5-6,8H2,(H,24,25)(H,19,20,23)/t13-/m1/s1. The Kier molecular flexibility index (Phi) is 4.14. The number of aromatic amines is 1. The molecule has 0 saturated carbocycles. The fourth-order valence-electron chi connectivity index (χ4n) is 3.19. The van der Waals surface area contributed by atoms with E-state index in [0.717, 1.165) is 11.3 Å². The fraction of sp³-hybridized carbons (Fsp3) is 0.235. The first-order chi connectivity index (χ1) is 12.6. The van der Waals surface area contributed by atoms with Gasteiger partial charge in [-0.15, -0.1) is 0 Å². The van der Waals surface area contributed by atoms with Gasteiger partial charge in [-0.2, -0.15) is 0 Å². The first-order valence-electron chi connectivity index (χ1n) is 7.98. The molecule has 2 aromatic heterocycles. The van der Waals surface area contributed by atoms with E-state index in [2.05, 4.69) is 9.97 Å². The Morgan fingerprint density at radius 3 is 2.85 bits per heavy atom. The highest BCUT2D eigenvalue weighted by Crippen LogP contribution is 2.28. The smallest absolute Gasteiger partial charge is 0.407 e. The summed E-state index contributed by atoms with van der Waals surface area (Å²) in [7, 11) is 0. The van der Waals surface area contributed by atoms with Crippen LogP contribution >= 0.6 is 11.6 Å². The highest BCUT2D eigenvalue weighted by atomic mass is 35.5. The predicted molar refractivity (Wildman–Crippen MR) is 95.0 cm³/mol. The molecule has 4 rings (SSSR count). The third kappa shape index (κ3) is 2.73. The molecule has 134 valence electrons. The number of hydrogen-bond acceptors (Lipinski definition) is 4. The van der Waals surface area contributed by atoms with Crippen LogP contribution in [0.2, 0.25) is 5.15 Å². The summed E-state index contributed by atoms with van der Waals surface area (Å²) < 4.78 is 7.10. The van der Waals surface area contributed by atoms with E-state index in [1.54, 1.807) is 10.6 Å². The monoisotopic (exact) mass is 374 g/mol. The van der Waals surface area contributed by atoms with E-state index in [9.17, 15) is 14.7 Å². The van der Waals surface area contributed by atoms with Gasteiger partial charge in [0.1, 0.15) is 5.15 Å². The summed E-state index contributed by atoms with van der Waals surface area (Å²) in [6.45, 7) is 1.05. The van der Waals surface area contributed by atoms with Crippen molar-refractivity contribution in [1.82, 2.24) is 19.4 Å². The van der Waals surface area contributed by atoms with Gasteiger partial charge in [0.05, 0.1) is 31.0 Å². The van der Waals surface area contributed by atoms with Gasteiger partial charge in [-0.25, -0.2) is 9.78 Å². The van der Waals surface area contributed by atoms with Crippen LogP contribution in [0.1, 0.15) is 11.6 Å². The largest absolute Gasteiger partial charge is 0.465 e. The normalized spacial score (nSPS) is 17.6. The number of amides is 1. The maximum Gasteiger partial charge on any atom is 0.407 e. The summed E-state index contributed by atoms with van der Waals surface area (Å²) in [4.78, 5) is 31.4. The Morgan fingerprint density at radius 2 is 2.12 bits per heavy atom. The van der Waals surface area contributed by atoms with Gasteiger partial charge in [0.25, 0.3) is 5.56 Å². The van der Waals surface area contributed by atoms with Crippen LogP contribution in [0.25, 0.3) is 16.7 Å². The van der Waals surface area contributed by atoms with Crippen LogP contribution in [-0.2, 0) is 4.74 Å². The lowest BCUT2D eigenvalue weighted by Crippen LogP contribution is -2.42. The predicted octanol–water partition coefficient (Wildman–Crippen LogP) is 2.42. The Balaban J connectivity index is 1.73. The summed E-state index contributed by atoms with van der Waals surface area (Å²) in [5.74, 6) is 0.